The standard InChI is InChI=1S/C17H12ClF3N4O3/c18-11-5-6-12(22-7-11)15(27)23-13(8-26)16-24-14(25-28-16)9-1-3-10(4-2-9)17(19,20)21/h1-7,13,26H,8H2,(H,23,27). The summed E-state index contributed by atoms with van der Waals surface area (Å²) in [5, 5.41) is 16.0. The average Bonchev–Trinajstić information content (AvgIpc) is 3.16. The molecule has 0 fully saturated rings. The molecule has 11 heteroatoms. The molecule has 0 aliphatic carbocycles. The molecule has 146 valence electrons. The largest absolute Gasteiger partial charge is 0.416 e. The molecule has 0 saturated carbocycles. The maximum atomic E-state index is 12.6. The van der Waals surface area contributed by atoms with Gasteiger partial charge >= 0.3 is 6.18 Å². The van der Waals surface area contributed by atoms with Crippen molar-refractivity contribution in [1.82, 2.24) is 20.4 Å². The number of carbonyl (C=O) groups excluding carboxylic acids is 1. The van der Waals surface area contributed by atoms with Gasteiger partial charge in [0.05, 0.1) is 17.2 Å². The summed E-state index contributed by atoms with van der Waals surface area (Å²) in [5.74, 6) is -0.703. The Balaban J connectivity index is 1.75. The Labute approximate surface area is 161 Å². The maximum Gasteiger partial charge on any atom is 0.416 e. The van der Waals surface area contributed by atoms with Gasteiger partial charge in [-0.05, 0) is 24.3 Å². The van der Waals surface area contributed by atoms with E-state index in [1.165, 1.54) is 30.5 Å². The number of nitrogens with one attached hydrogen (secondary N) is 1. The van der Waals surface area contributed by atoms with Gasteiger partial charge in [-0.1, -0.05) is 28.9 Å². The smallest absolute Gasteiger partial charge is 0.394 e. The Morgan fingerprint density at radius 3 is 2.50 bits per heavy atom. The normalized spacial score (nSPS) is 12.6. The highest BCUT2D eigenvalue weighted by molar-refractivity contribution is 6.30. The third kappa shape index (κ3) is 4.46. The molecule has 1 amide bonds. The molecule has 3 aromatic rings. The van der Waals surface area contributed by atoms with Crippen molar-refractivity contribution in [3.63, 3.8) is 0 Å². The van der Waals surface area contributed by atoms with Crippen LogP contribution in [0.3, 0.4) is 0 Å². The van der Waals surface area contributed by atoms with Crippen LogP contribution in [-0.4, -0.2) is 32.7 Å². The van der Waals surface area contributed by atoms with Crippen molar-refractivity contribution in [2.45, 2.75) is 12.2 Å². The minimum atomic E-state index is -4.46. The van der Waals surface area contributed by atoms with E-state index >= 15 is 0 Å². The van der Waals surface area contributed by atoms with Crippen LogP contribution in [0.1, 0.15) is 28.0 Å². The SMILES string of the molecule is O=C(NC(CO)c1nc(-c2ccc(C(F)(F)F)cc2)no1)c1ccc(Cl)cn1. The topological polar surface area (TPSA) is 101 Å². The summed E-state index contributed by atoms with van der Waals surface area (Å²) in [6.07, 6.45) is -3.16. The van der Waals surface area contributed by atoms with Crippen LogP contribution in [-0.2, 0) is 6.18 Å². The quantitative estimate of drug-likeness (QED) is 0.667. The molecule has 7 nitrogen and oxygen atoms in total. The van der Waals surface area contributed by atoms with Crippen molar-refractivity contribution in [3.8, 4) is 11.4 Å². The average molecular weight is 413 g/mol. The summed E-state index contributed by atoms with van der Waals surface area (Å²) in [5.41, 5.74) is -0.466. The van der Waals surface area contributed by atoms with E-state index in [1.807, 2.05) is 0 Å². The number of hydrogen-bond donors (Lipinski definition) is 2. The summed E-state index contributed by atoms with van der Waals surface area (Å²) in [6.45, 7) is -0.548. The van der Waals surface area contributed by atoms with E-state index < -0.39 is 30.3 Å². The molecule has 0 spiro atoms. The monoisotopic (exact) mass is 412 g/mol. The number of carbonyl (C=O) groups is 1. The van der Waals surface area contributed by atoms with Crippen molar-refractivity contribution in [3.05, 3.63) is 64.8 Å². The van der Waals surface area contributed by atoms with Crippen molar-refractivity contribution in [2.75, 3.05) is 6.61 Å². The van der Waals surface area contributed by atoms with Crippen LogP contribution in [0.5, 0.6) is 0 Å². The number of pyridine rings is 1. The van der Waals surface area contributed by atoms with Crippen molar-refractivity contribution < 1.29 is 27.6 Å². The zero-order valence-electron chi connectivity index (χ0n) is 13.9. The second kappa shape index (κ2) is 7.95. The van der Waals surface area contributed by atoms with Gasteiger partial charge in [0.15, 0.2) is 0 Å². The van der Waals surface area contributed by atoms with E-state index in [0.29, 0.717) is 5.02 Å². The molecule has 0 aliphatic rings. The molecule has 0 bridgehead atoms. The fourth-order valence-corrected chi connectivity index (χ4v) is 2.34. The van der Waals surface area contributed by atoms with Gasteiger partial charge in [0.25, 0.3) is 11.8 Å². The second-order valence-electron chi connectivity index (χ2n) is 5.60. The number of benzene rings is 1. The van der Waals surface area contributed by atoms with Gasteiger partial charge in [0, 0.05) is 11.8 Å². The van der Waals surface area contributed by atoms with Crippen LogP contribution in [0.2, 0.25) is 5.02 Å². The van der Waals surface area contributed by atoms with Crippen LogP contribution < -0.4 is 5.32 Å². The van der Waals surface area contributed by atoms with E-state index in [9.17, 15) is 23.1 Å². The predicted octanol–water partition coefficient (Wildman–Crippen LogP) is 3.27. The molecular weight excluding hydrogens is 401 g/mol. The summed E-state index contributed by atoms with van der Waals surface area (Å²) >= 11 is 5.71. The zero-order chi connectivity index (χ0) is 20.3. The highest BCUT2D eigenvalue weighted by atomic mass is 35.5. The van der Waals surface area contributed by atoms with Gasteiger partial charge in [-0.25, -0.2) is 4.98 Å². The van der Waals surface area contributed by atoms with E-state index in [1.54, 1.807) is 0 Å². The first-order chi connectivity index (χ1) is 13.3. The Kier molecular flexibility index (Phi) is 5.61. The summed E-state index contributed by atoms with van der Waals surface area (Å²) in [4.78, 5) is 20.1. The second-order valence-corrected chi connectivity index (χ2v) is 6.04. The Morgan fingerprint density at radius 2 is 1.93 bits per heavy atom. The lowest BCUT2D eigenvalue weighted by Crippen LogP contribution is -2.31. The number of halogens is 4. The van der Waals surface area contributed by atoms with E-state index in [4.69, 9.17) is 16.1 Å². The van der Waals surface area contributed by atoms with E-state index in [0.717, 1.165) is 12.1 Å². The minimum Gasteiger partial charge on any atom is -0.394 e. The first kappa shape index (κ1) is 19.8. The molecule has 1 atom stereocenters. The molecule has 0 saturated heterocycles. The van der Waals surface area contributed by atoms with Gasteiger partial charge in [-0.2, -0.15) is 18.2 Å². The summed E-state index contributed by atoms with van der Waals surface area (Å²) in [6, 6.07) is 6.02. The first-order valence-electron chi connectivity index (χ1n) is 7.82. The highest BCUT2D eigenvalue weighted by Gasteiger charge is 2.30. The van der Waals surface area contributed by atoms with Crippen molar-refractivity contribution >= 4 is 17.5 Å². The molecule has 0 radical (unpaired) electrons. The Morgan fingerprint density at radius 1 is 1.21 bits per heavy atom. The van der Waals surface area contributed by atoms with Gasteiger partial charge in [0.2, 0.25) is 5.82 Å². The van der Waals surface area contributed by atoms with Crippen LogP contribution in [0, 0.1) is 0 Å². The fraction of sp³-hybridized carbons (Fsp3) is 0.176. The third-order valence-electron chi connectivity index (χ3n) is 3.66. The lowest BCUT2D eigenvalue weighted by molar-refractivity contribution is -0.137. The number of amides is 1. The van der Waals surface area contributed by atoms with Crippen molar-refractivity contribution in [2.24, 2.45) is 0 Å². The molecule has 2 heterocycles. The molecule has 2 aromatic heterocycles. The molecule has 2 N–H and O–H groups in total. The Hall–Kier alpha value is -2.98. The van der Waals surface area contributed by atoms with E-state index in [2.05, 4.69) is 20.4 Å². The van der Waals surface area contributed by atoms with Gasteiger partial charge in [-0.3, -0.25) is 4.79 Å². The van der Waals surface area contributed by atoms with Gasteiger partial charge < -0.3 is 14.9 Å². The van der Waals surface area contributed by atoms with Crippen LogP contribution >= 0.6 is 11.6 Å². The fourth-order valence-electron chi connectivity index (χ4n) is 2.23. The van der Waals surface area contributed by atoms with Gasteiger partial charge in [-0.15, -0.1) is 0 Å². The van der Waals surface area contributed by atoms with Crippen LogP contribution in [0.15, 0.2) is 47.1 Å². The van der Waals surface area contributed by atoms with E-state index in [-0.39, 0.29) is 23.0 Å². The number of aliphatic hydroxyl groups excluding tert-OH is 1. The highest BCUT2D eigenvalue weighted by Crippen LogP contribution is 2.30. The van der Waals surface area contributed by atoms with Crippen LogP contribution in [0.4, 0.5) is 13.2 Å². The summed E-state index contributed by atoms with van der Waals surface area (Å²) < 4.78 is 42.9. The molecule has 3 rings (SSSR count). The maximum absolute atomic E-state index is 12.6. The number of rotatable bonds is 5. The number of nitrogens with zero attached hydrogens (tertiary/aromatic N) is 3. The molecular formula is C17H12ClF3N4O3. The van der Waals surface area contributed by atoms with Crippen molar-refractivity contribution in [1.29, 1.82) is 0 Å². The van der Waals surface area contributed by atoms with Crippen LogP contribution in [0.25, 0.3) is 11.4 Å². The number of hydrogen-bond acceptors (Lipinski definition) is 6. The lowest BCUT2D eigenvalue weighted by atomic mass is 10.1. The molecule has 0 aliphatic heterocycles. The molecule has 28 heavy (non-hydrogen) atoms. The number of aromatic nitrogens is 3. The lowest BCUT2D eigenvalue weighted by Gasteiger charge is -2.11. The predicted molar refractivity (Wildman–Crippen MR) is 91.3 cm³/mol. The number of aliphatic hydroxyl groups is 1. The zero-order valence-corrected chi connectivity index (χ0v) is 14.7. The molecule has 1 unspecified atom stereocenters. The minimum absolute atomic E-state index is 0.0149. The summed E-state index contributed by atoms with van der Waals surface area (Å²) in [7, 11) is 0. The Bertz CT molecular complexity index is 959. The third-order valence-corrected chi connectivity index (χ3v) is 3.88. The first-order valence-corrected chi connectivity index (χ1v) is 8.20. The van der Waals surface area contributed by atoms with Gasteiger partial charge in [0.1, 0.15) is 11.7 Å². The number of alkyl halides is 3. The molecule has 1 aromatic carbocycles.